The van der Waals surface area contributed by atoms with E-state index in [2.05, 4.69) is 20.9 Å². The molecule has 1 fully saturated rings. The van der Waals surface area contributed by atoms with Gasteiger partial charge in [-0.05, 0) is 32.6 Å². The van der Waals surface area contributed by atoms with Crippen LogP contribution in [0.5, 0.6) is 0 Å². The van der Waals surface area contributed by atoms with Crippen molar-refractivity contribution in [3.63, 3.8) is 0 Å². The van der Waals surface area contributed by atoms with Gasteiger partial charge in [0.15, 0.2) is 5.13 Å². The van der Waals surface area contributed by atoms with Crippen molar-refractivity contribution in [2.75, 3.05) is 25.0 Å². The fraction of sp³-hybridized carbons (Fsp3) is 0.688. The molecule has 0 bridgehead atoms. The molecule has 0 radical (unpaired) electrons. The number of rotatable bonds is 8. The van der Waals surface area contributed by atoms with Crippen molar-refractivity contribution in [3.05, 3.63) is 10.6 Å². The van der Waals surface area contributed by atoms with Crippen molar-refractivity contribution in [3.8, 4) is 0 Å². The monoisotopic (exact) mass is 338 g/mol. The molecule has 6 nitrogen and oxygen atoms in total. The number of carbonyl (C=O) groups is 2. The van der Waals surface area contributed by atoms with Crippen molar-refractivity contribution >= 4 is 28.3 Å². The maximum atomic E-state index is 12.1. The molecule has 0 atom stereocenters. The fourth-order valence-electron chi connectivity index (χ4n) is 2.84. The van der Waals surface area contributed by atoms with Crippen LogP contribution in [0.25, 0.3) is 0 Å². The van der Waals surface area contributed by atoms with Crippen LogP contribution >= 0.6 is 11.3 Å². The molecule has 1 heterocycles. The highest BCUT2D eigenvalue weighted by Gasteiger charge is 2.18. The molecule has 1 saturated carbocycles. The number of aromatic nitrogens is 1. The SMILES string of the molecule is CCNc1nc(C)c(C(=O)NCCNC(=O)CC2CCCC2)s1. The second-order valence-corrected chi connectivity index (χ2v) is 6.92. The summed E-state index contributed by atoms with van der Waals surface area (Å²) in [7, 11) is 0. The molecule has 1 aliphatic carbocycles. The maximum absolute atomic E-state index is 12.1. The van der Waals surface area contributed by atoms with Gasteiger partial charge in [0.2, 0.25) is 5.91 Å². The van der Waals surface area contributed by atoms with E-state index in [-0.39, 0.29) is 11.8 Å². The Morgan fingerprint density at radius 3 is 2.61 bits per heavy atom. The molecule has 2 amide bonds. The lowest BCUT2D eigenvalue weighted by Gasteiger charge is -2.10. The number of amides is 2. The summed E-state index contributed by atoms with van der Waals surface area (Å²) in [5, 5.41) is 9.59. The van der Waals surface area contributed by atoms with E-state index in [1.165, 1.54) is 37.0 Å². The first-order valence-corrected chi connectivity index (χ1v) is 9.18. The lowest BCUT2D eigenvalue weighted by molar-refractivity contribution is -0.121. The third-order valence-corrected chi connectivity index (χ3v) is 5.13. The smallest absolute Gasteiger partial charge is 0.263 e. The number of thiazole rings is 1. The summed E-state index contributed by atoms with van der Waals surface area (Å²) in [6.45, 7) is 5.50. The van der Waals surface area contributed by atoms with Crippen molar-refractivity contribution in [1.82, 2.24) is 15.6 Å². The molecule has 1 aromatic heterocycles. The van der Waals surface area contributed by atoms with E-state index >= 15 is 0 Å². The molecule has 0 unspecified atom stereocenters. The average molecular weight is 338 g/mol. The lowest BCUT2D eigenvalue weighted by Crippen LogP contribution is -2.35. The molecule has 128 valence electrons. The Bertz CT molecular complexity index is 538. The maximum Gasteiger partial charge on any atom is 0.263 e. The first-order chi connectivity index (χ1) is 11.1. The number of nitrogens with one attached hydrogen (secondary N) is 3. The van der Waals surface area contributed by atoms with Gasteiger partial charge in [0.25, 0.3) is 5.91 Å². The summed E-state index contributed by atoms with van der Waals surface area (Å²) in [6, 6.07) is 0. The first-order valence-electron chi connectivity index (χ1n) is 8.36. The van der Waals surface area contributed by atoms with Crippen molar-refractivity contribution < 1.29 is 9.59 Å². The van der Waals surface area contributed by atoms with Crippen molar-refractivity contribution in [2.24, 2.45) is 5.92 Å². The Morgan fingerprint density at radius 2 is 1.91 bits per heavy atom. The zero-order chi connectivity index (χ0) is 16.7. The second-order valence-electron chi connectivity index (χ2n) is 5.92. The Morgan fingerprint density at radius 1 is 1.22 bits per heavy atom. The summed E-state index contributed by atoms with van der Waals surface area (Å²) in [4.78, 5) is 28.9. The van der Waals surface area contributed by atoms with Gasteiger partial charge in [-0.2, -0.15) is 0 Å². The second kappa shape index (κ2) is 8.86. The molecule has 7 heteroatoms. The van der Waals surface area contributed by atoms with Crippen molar-refractivity contribution in [2.45, 2.75) is 46.0 Å². The Hall–Kier alpha value is -1.63. The van der Waals surface area contributed by atoms with Crippen LogP contribution in [0.1, 0.15) is 54.4 Å². The Kier molecular flexibility index (Phi) is 6.83. The number of nitrogens with zero attached hydrogens (tertiary/aromatic N) is 1. The van der Waals surface area contributed by atoms with E-state index in [0.717, 1.165) is 17.4 Å². The van der Waals surface area contributed by atoms with Gasteiger partial charge in [0, 0.05) is 26.1 Å². The van der Waals surface area contributed by atoms with Crippen LogP contribution in [0.2, 0.25) is 0 Å². The van der Waals surface area contributed by atoms with Crippen LogP contribution < -0.4 is 16.0 Å². The molecule has 23 heavy (non-hydrogen) atoms. The molecule has 0 aliphatic heterocycles. The molecular formula is C16H26N4O2S. The van der Waals surface area contributed by atoms with Gasteiger partial charge in [-0.25, -0.2) is 4.98 Å². The highest BCUT2D eigenvalue weighted by Crippen LogP contribution is 2.27. The molecule has 2 rings (SSSR count). The number of hydrogen-bond donors (Lipinski definition) is 3. The van der Waals surface area contributed by atoms with Crippen LogP contribution in [-0.4, -0.2) is 36.4 Å². The standard InChI is InChI=1S/C16H26N4O2S/c1-3-17-16-20-11(2)14(23-16)15(22)19-9-8-18-13(21)10-12-6-4-5-7-12/h12H,3-10H2,1-2H3,(H,17,20)(H,18,21)(H,19,22). The number of carbonyl (C=O) groups excluding carboxylic acids is 2. The highest BCUT2D eigenvalue weighted by molar-refractivity contribution is 7.17. The van der Waals surface area contributed by atoms with Crippen LogP contribution in [0.3, 0.4) is 0 Å². The van der Waals surface area contributed by atoms with E-state index in [9.17, 15) is 9.59 Å². The van der Waals surface area contributed by atoms with Gasteiger partial charge < -0.3 is 16.0 Å². The fourth-order valence-corrected chi connectivity index (χ4v) is 3.79. The van der Waals surface area contributed by atoms with E-state index < -0.39 is 0 Å². The summed E-state index contributed by atoms with van der Waals surface area (Å²) >= 11 is 1.36. The summed E-state index contributed by atoms with van der Waals surface area (Å²) in [5.41, 5.74) is 0.730. The molecular weight excluding hydrogens is 312 g/mol. The number of hydrogen-bond acceptors (Lipinski definition) is 5. The predicted octanol–water partition coefficient (Wildman–Crippen LogP) is 2.31. The lowest BCUT2D eigenvalue weighted by atomic mass is 10.0. The van der Waals surface area contributed by atoms with Gasteiger partial charge in [-0.15, -0.1) is 0 Å². The average Bonchev–Trinajstić information content (AvgIpc) is 3.13. The molecule has 1 aliphatic rings. The molecule has 0 aromatic carbocycles. The number of aryl methyl sites for hydroxylation is 1. The first kappa shape index (κ1) is 17.7. The summed E-state index contributed by atoms with van der Waals surface area (Å²) < 4.78 is 0. The minimum absolute atomic E-state index is 0.0922. The van der Waals surface area contributed by atoms with E-state index in [4.69, 9.17) is 0 Å². The highest BCUT2D eigenvalue weighted by atomic mass is 32.1. The zero-order valence-corrected chi connectivity index (χ0v) is 14.7. The van der Waals surface area contributed by atoms with Gasteiger partial charge in [-0.1, -0.05) is 24.2 Å². The Balaban J connectivity index is 1.67. The topological polar surface area (TPSA) is 83.1 Å². The van der Waals surface area contributed by atoms with Crippen LogP contribution in [0.4, 0.5) is 5.13 Å². The van der Waals surface area contributed by atoms with Gasteiger partial charge >= 0.3 is 0 Å². The van der Waals surface area contributed by atoms with Crippen molar-refractivity contribution in [1.29, 1.82) is 0 Å². The van der Waals surface area contributed by atoms with Crippen LogP contribution in [0, 0.1) is 12.8 Å². The largest absolute Gasteiger partial charge is 0.362 e. The molecule has 1 aromatic rings. The van der Waals surface area contributed by atoms with Gasteiger partial charge in [0.1, 0.15) is 4.88 Å². The Labute approximate surface area is 141 Å². The van der Waals surface area contributed by atoms with E-state index in [1.807, 2.05) is 13.8 Å². The quantitative estimate of drug-likeness (QED) is 0.635. The normalized spacial score (nSPS) is 14.7. The third kappa shape index (κ3) is 5.49. The molecule has 0 spiro atoms. The third-order valence-electron chi connectivity index (χ3n) is 4.01. The summed E-state index contributed by atoms with van der Waals surface area (Å²) in [6.07, 6.45) is 5.45. The van der Waals surface area contributed by atoms with Gasteiger partial charge in [-0.3, -0.25) is 9.59 Å². The zero-order valence-electron chi connectivity index (χ0n) is 13.9. The minimum atomic E-state index is -0.130. The predicted molar refractivity (Wildman–Crippen MR) is 92.9 cm³/mol. The van der Waals surface area contributed by atoms with Crippen LogP contribution in [-0.2, 0) is 4.79 Å². The van der Waals surface area contributed by atoms with E-state index in [0.29, 0.717) is 30.3 Å². The molecule has 3 N–H and O–H groups in total. The molecule has 0 saturated heterocycles. The van der Waals surface area contributed by atoms with E-state index in [1.54, 1.807) is 0 Å². The summed E-state index contributed by atoms with van der Waals surface area (Å²) in [5.74, 6) is 0.512. The minimum Gasteiger partial charge on any atom is -0.362 e. The number of anilines is 1. The van der Waals surface area contributed by atoms with Crippen LogP contribution in [0.15, 0.2) is 0 Å². The van der Waals surface area contributed by atoms with Gasteiger partial charge in [0.05, 0.1) is 5.69 Å².